The SMILES string of the molecule is O=c1cc(O)c2cc(F)c(F)cc2[nH]1. The summed E-state index contributed by atoms with van der Waals surface area (Å²) in [5, 5.41) is 9.33. The van der Waals surface area contributed by atoms with Crippen molar-refractivity contribution in [2.24, 2.45) is 0 Å². The zero-order valence-corrected chi connectivity index (χ0v) is 6.84. The Morgan fingerprint density at radius 2 is 1.79 bits per heavy atom. The van der Waals surface area contributed by atoms with Crippen molar-refractivity contribution in [2.45, 2.75) is 0 Å². The third kappa shape index (κ3) is 1.22. The quantitative estimate of drug-likeness (QED) is 0.672. The van der Waals surface area contributed by atoms with E-state index in [-0.39, 0.29) is 16.7 Å². The predicted octanol–water partition coefficient (Wildman–Crippen LogP) is 1.51. The van der Waals surface area contributed by atoms with Crippen molar-refractivity contribution in [3.63, 3.8) is 0 Å². The third-order valence-electron chi connectivity index (χ3n) is 1.86. The van der Waals surface area contributed by atoms with Crippen molar-refractivity contribution in [1.29, 1.82) is 0 Å². The van der Waals surface area contributed by atoms with Crippen LogP contribution < -0.4 is 5.56 Å². The molecule has 0 amide bonds. The van der Waals surface area contributed by atoms with E-state index in [1.165, 1.54) is 0 Å². The van der Waals surface area contributed by atoms with Crippen LogP contribution in [-0.2, 0) is 0 Å². The maximum atomic E-state index is 12.8. The number of benzene rings is 1. The van der Waals surface area contributed by atoms with Gasteiger partial charge in [-0.05, 0) is 6.07 Å². The minimum Gasteiger partial charge on any atom is -0.507 e. The molecule has 2 aromatic rings. The van der Waals surface area contributed by atoms with E-state index in [2.05, 4.69) is 4.98 Å². The van der Waals surface area contributed by atoms with Gasteiger partial charge in [0.05, 0.1) is 5.52 Å². The molecule has 14 heavy (non-hydrogen) atoms. The first-order chi connectivity index (χ1) is 6.58. The fraction of sp³-hybridized carbons (Fsp3) is 0. The van der Waals surface area contributed by atoms with Gasteiger partial charge in [-0.3, -0.25) is 4.79 Å². The van der Waals surface area contributed by atoms with Gasteiger partial charge in [0.2, 0.25) is 0 Å². The van der Waals surface area contributed by atoms with Crippen LogP contribution in [0.1, 0.15) is 0 Å². The predicted molar refractivity (Wildman–Crippen MR) is 46.1 cm³/mol. The minimum atomic E-state index is -1.07. The number of hydrogen-bond donors (Lipinski definition) is 2. The van der Waals surface area contributed by atoms with Gasteiger partial charge in [0.25, 0.3) is 5.56 Å². The molecule has 0 bridgehead atoms. The molecule has 0 fully saturated rings. The Kier molecular flexibility index (Phi) is 1.73. The van der Waals surface area contributed by atoms with Crippen LogP contribution in [0.3, 0.4) is 0 Å². The van der Waals surface area contributed by atoms with E-state index < -0.39 is 17.2 Å². The molecular weight excluding hydrogens is 192 g/mol. The number of aromatic hydroxyl groups is 1. The Labute approximate surface area is 76.6 Å². The van der Waals surface area contributed by atoms with E-state index in [1.807, 2.05) is 0 Å². The number of H-pyrrole nitrogens is 1. The highest BCUT2D eigenvalue weighted by Crippen LogP contribution is 2.22. The van der Waals surface area contributed by atoms with Crippen molar-refractivity contribution < 1.29 is 13.9 Å². The summed E-state index contributed by atoms with van der Waals surface area (Å²) in [5.41, 5.74) is -0.505. The molecular formula is C9H5F2NO2. The standard InChI is InChI=1S/C9H5F2NO2/c10-5-1-4-7(2-6(5)11)12-9(14)3-8(4)13/h1-3H,(H2,12,13,14). The third-order valence-corrected chi connectivity index (χ3v) is 1.86. The van der Waals surface area contributed by atoms with Gasteiger partial charge < -0.3 is 10.1 Å². The summed E-state index contributed by atoms with van der Waals surface area (Å²) in [6.07, 6.45) is 0. The largest absolute Gasteiger partial charge is 0.507 e. The molecule has 0 saturated carbocycles. The van der Waals surface area contributed by atoms with Crippen LogP contribution in [0.25, 0.3) is 10.9 Å². The van der Waals surface area contributed by atoms with Gasteiger partial charge in [-0.25, -0.2) is 8.78 Å². The van der Waals surface area contributed by atoms with Gasteiger partial charge in [-0.1, -0.05) is 0 Å². The summed E-state index contributed by atoms with van der Waals surface area (Å²) in [4.78, 5) is 13.1. The number of aromatic nitrogens is 1. The van der Waals surface area contributed by atoms with Gasteiger partial charge >= 0.3 is 0 Å². The first kappa shape index (κ1) is 8.68. The van der Waals surface area contributed by atoms with Crippen LogP contribution in [0, 0.1) is 11.6 Å². The van der Waals surface area contributed by atoms with Crippen LogP contribution >= 0.6 is 0 Å². The summed E-state index contributed by atoms with van der Waals surface area (Å²) in [5.74, 6) is -2.51. The van der Waals surface area contributed by atoms with Crippen molar-refractivity contribution >= 4 is 10.9 Å². The zero-order chi connectivity index (χ0) is 10.3. The normalized spacial score (nSPS) is 10.7. The van der Waals surface area contributed by atoms with Crippen LogP contribution in [-0.4, -0.2) is 10.1 Å². The molecule has 1 heterocycles. The summed E-state index contributed by atoms with van der Waals surface area (Å²) >= 11 is 0. The Balaban J connectivity index is 2.96. The Morgan fingerprint density at radius 3 is 2.50 bits per heavy atom. The number of pyridine rings is 1. The van der Waals surface area contributed by atoms with Gasteiger partial charge in [0.1, 0.15) is 5.75 Å². The van der Waals surface area contributed by atoms with Gasteiger partial charge in [0.15, 0.2) is 11.6 Å². The lowest BCUT2D eigenvalue weighted by Crippen LogP contribution is -2.03. The molecule has 2 N–H and O–H groups in total. The molecule has 72 valence electrons. The van der Waals surface area contributed by atoms with E-state index in [4.69, 9.17) is 0 Å². The van der Waals surface area contributed by atoms with Gasteiger partial charge in [0, 0.05) is 17.5 Å². The molecule has 0 saturated heterocycles. The molecule has 2 rings (SSSR count). The average Bonchev–Trinajstić information content (AvgIpc) is 2.08. The fourth-order valence-corrected chi connectivity index (χ4v) is 1.23. The van der Waals surface area contributed by atoms with Crippen molar-refractivity contribution in [3.8, 4) is 5.75 Å². The minimum absolute atomic E-state index is 0.0638. The molecule has 1 aromatic heterocycles. The molecule has 0 aliphatic rings. The van der Waals surface area contributed by atoms with E-state index in [1.54, 1.807) is 0 Å². The van der Waals surface area contributed by atoms with E-state index in [0.29, 0.717) is 0 Å². The maximum absolute atomic E-state index is 12.8. The number of hydrogen-bond acceptors (Lipinski definition) is 2. The second-order valence-corrected chi connectivity index (χ2v) is 2.83. The first-order valence-corrected chi connectivity index (χ1v) is 3.79. The molecule has 5 heteroatoms. The molecule has 0 radical (unpaired) electrons. The molecule has 3 nitrogen and oxygen atoms in total. The zero-order valence-electron chi connectivity index (χ0n) is 6.84. The molecule has 1 aromatic carbocycles. The lowest BCUT2D eigenvalue weighted by molar-refractivity contribution is 0.478. The topological polar surface area (TPSA) is 53.1 Å². The van der Waals surface area contributed by atoms with E-state index in [9.17, 15) is 18.7 Å². The first-order valence-electron chi connectivity index (χ1n) is 3.79. The second-order valence-electron chi connectivity index (χ2n) is 2.83. The maximum Gasteiger partial charge on any atom is 0.252 e. The lowest BCUT2D eigenvalue weighted by atomic mass is 10.2. The van der Waals surface area contributed by atoms with Crippen molar-refractivity contribution in [1.82, 2.24) is 4.98 Å². The second kappa shape index (κ2) is 2.80. The van der Waals surface area contributed by atoms with Crippen LogP contribution in [0.2, 0.25) is 0 Å². The Morgan fingerprint density at radius 1 is 1.14 bits per heavy atom. The Bertz CT molecular complexity index is 562. The smallest absolute Gasteiger partial charge is 0.252 e. The highest BCUT2D eigenvalue weighted by molar-refractivity contribution is 5.84. The number of halogens is 2. The molecule has 0 spiro atoms. The summed E-state index contributed by atoms with van der Waals surface area (Å²) in [6, 6.07) is 2.56. The monoisotopic (exact) mass is 197 g/mol. The molecule has 0 aliphatic carbocycles. The Hall–Kier alpha value is -1.91. The van der Waals surface area contributed by atoms with Crippen LogP contribution in [0.5, 0.6) is 5.75 Å². The summed E-state index contributed by atoms with van der Waals surface area (Å²) in [7, 11) is 0. The van der Waals surface area contributed by atoms with Crippen molar-refractivity contribution in [3.05, 3.63) is 40.2 Å². The molecule has 0 aliphatic heterocycles. The van der Waals surface area contributed by atoms with Crippen LogP contribution in [0.15, 0.2) is 23.0 Å². The number of rotatable bonds is 0. The average molecular weight is 197 g/mol. The number of aromatic amines is 1. The van der Waals surface area contributed by atoms with Gasteiger partial charge in [-0.15, -0.1) is 0 Å². The number of nitrogens with one attached hydrogen (secondary N) is 1. The van der Waals surface area contributed by atoms with Crippen LogP contribution in [0.4, 0.5) is 8.78 Å². The van der Waals surface area contributed by atoms with E-state index >= 15 is 0 Å². The molecule has 0 unspecified atom stereocenters. The lowest BCUT2D eigenvalue weighted by Gasteiger charge is -2.00. The van der Waals surface area contributed by atoms with E-state index in [0.717, 1.165) is 18.2 Å². The summed E-state index contributed by atoms with van der Waals surface area (Å²) < 4.78 is 25.5. The fourth-order valence-electron chi connectivity index (χ4n) is 1.23. The molecule has 0 atom stereocenters. The van der Waals surface area contributed by atoms with Gasteiger partial charge in [-0.2, -0.15) is 0 Å². The highest BCUT2D eigenvalue weighted by Gasteiger charge is 2.07. The summed E-state index contributed by atoms with van der Waals surface area (Å²) in [6.45, 7) is 0. The number of fused-ring (bicyclic) bond motifs is 1. The highest BCUT2D eigenvalue weighted by atomic mass is 19.2. The van der Waals surface area contributed by atoms with Crippen molar-refractivity contribution in [2.75, 3.05) is 0 Å².